The highest BCUT2D eigenvalue weighted by Crippen LogP contribution is 2.22. The molecule has 0 atom stereocenters. The van der Waals surface area contributed by atoms with Crippen molar-refractivity contribution in [3.8, 4) is 0 Å². The zero-order valence-corrected chi connectivity index (χ0v) is 12.3. The molecule has 4 nitrogen and oxygen atoms in total. The Morgan fingerprint density at radius 3 is 2.61 bits per heavy atom. The Morgan fingerprint density at radius 2 is 2.00 bits per heavy atom. The molecule has 6 heteroatoms. The monoisotopic (exact) mass is 369 g/mol. The van der Waals surface area contributed by atoms with Gasteiger partial charge in [0, 0.05) is 8.95 Å². The Balaban J connectivity index is 2.19. The lowest BCUT2D eigenvalue weighted by atomic mass is 10.2. The Morgan fingerprint density at radius 1 is 1.22 bits per heavy atom. The minimum atomic E-state index is -0.230. The number of halogens is 2. The van der Waals surface area contributed by atoms with E-state index < -0.39 is 0 Å². The largest absolute Gasteiger partial charge is 0.397 e. The number of rotatable bonds is 2. The molecular weight excluding hydrogens is 362 g/mol. The Labute approximate surface area is 121 Å². The normalized spacial score (nSPS) is 10.1. The predicted molar refractivity (Wildman–Crippen MR) is 78.4 cm³/mol. The van der Waals surface area contributed by atoms with Crippen molar-refractivity contribution in [1.82, 2.24) is 4.98 Å². The van der Waals surface area contributed by atoms with Crippen LogP contribution in [-0.2, 0) is 0 Å². The molecule has 0 aliphatic heterocycles. The lowest BCUT2D eigenvalue weighted by molar-refractivity contribution is 0.102. The number of nitrogens with two attached hydrogens (primary N) is 1. The van der Waals surface area contributed by atoms with Gasteiger partial charge in [-0.2, -0.15) is 0 Å². The average molecular weight is 371 g/mol. The number of carbonyl (C=O) groups excluding carboxylic acids is 1. The first kappa shape index (κ1) is 13.0. The van der Waals surface area contributed by atoms with Crippen molar-refractivity contribution in [2.24, 2.45) is 0 Å². The number of carbonyl (C=O) groups is 1. The molecule has 2 aromatic rings. The maximum Gasteiger partial charge on any atom is 0.257 e. The van der Waals surface area contributed by atoms with E-state index in [1.807, 2.05) is 6.07 Å². The van der Waals surface area contributed by atoms with Crippen LogP contribution >= 0.6 is 31.9 Å². The Bertz CT molecular complexity index is 584. The second kappa shape index (κ2) is 5.49. The van der Waals surface area contributed by atoms with E-state index in [0.717, 1.165) is 4.47 Å². The number of nitrogen functional groups attached to an aromatic ring is 1. The summed E-state index contributed by atoms with van der Waals surface area (Å²) in [5.41, 5.74) is 6.61. The summed E-state index contributed by atoms with van der Waals surface area (Å²) in [4.78, 5) is 16.0. The number of nitrogens with one attached hydrogen (secondary N) is 1. The van der Waals surface area contributed by atoms with E-state index in [1.54, 1.807) is 24.3 Å². The summed E-state index contributed by atoms with van der Waals surface area (Å²) in [5, 5.41) is 2.69. The lowest BCUT2D eigenvalue weighted by Gasteiger charge is -2.06. The molecule has 2 rings (SSSR count). The molecular formula is C12H9Br2N3O. The fourth-order valence-corrected chi connectivity index (χ4v) is 2.56. The molecule has 3 N–H and O–H groups in total. The number of amides is 1. The van der Waals surface area contributed by atoms with Gasteiger partial charge in [0.25, 0.3) is 5.91 Å². The second-order valence-electron chi connectivity index (χ2n) is 3.56. The third kappa shape index (κ3) is 3.08. The minimum Gasteiger partial charge on any atom is -0.397 e. The zero-order valence-electron chi connectivity index (χ0n) is 9.15. The van der Waals surface area contributed by atoms with Crippen molar-refractivity contribution in [1.29, 1.82) is 0 Å². The molecule has 1 aromatic carbocycles. The van der Waals surface area contributed by atoms with Crippen LogP contribution in [-0.4, -0.2) is 10.9 Å². The number of anilines is 2. The molecule has 1 amide bonds. The summed E-state index contributed by atoms with van der Waals surface area (Å²) in [6.07, 6.45) is 1.49. The minimum absolute atomic E-state index is 0.230. The molecule has 0 bridgehead atoms. The number of hydrogen-bond acceptors (Lipinski definition) is 3. The molecule has 18 heavy (non-hydrogen) atoms. The van der Waals surface area contributed by atoms with E-state index in [4.69, 9.17) is 5.73 Å². The zero-order chi connectivity index (χ0) is 13.1. The van der Waals surface area contributed by atoms with Crippen LogP contribution in [0, 0.1) is 0 Å². The van der Waals surface area contributed by atoms with Crippen LogP contribution < -0.4 is 11.1 Å². The van der Waals surface area contributed by atoms with E-state index >= 15 is 0 Å². The fourth-order valence-electron chi connectivity index (χ4n) is 1.34. The Kier molecular flexibility index (Phi) is 3.98. The summed E-state index contributed by atoms with van der Waals surface area (Å²) in [6, 6.07) is 8.67. The third-order valence-electron chi connectivity index (χ3n) is 2.20. The Hall–Kier alpha value is -1.40. The number of benzene rings is 1. The van der Waals surface area contributed by atoms with Gasteiger partial charge in [-0.15, -0.1) is 0 Å². The molecule has 0 radical (unpaired) electrons. The highest BCUT2D eigenvalue weighted by molar-refractivity contribution is 9.11. The van der Waals surface area contributed by atoms with Crippen LogP contribution in [0.15, 0.2) is 45.5 Å². The highest BCUT2D eigenvalue weighted by Gasteiger charge is 2.10. The number of hydrogen-bond donors (Lipinski definition) is 2. The maximum absolute atomic E-state index is 12.0. The van der Waals surface area contributed by atoms with Gasteiger partial charge in [0.2, 0.25) is 0 Å². The van der Waals surface area contributed by atoms with Crippen LogP contribution in [0.2, 0.25) is 0 Å². The van der Waals surface area contributed by atoms with Crippen molar-refractivity contribution in [2.45, 2.75) is 0 Å². The molecule has 0 unspecified atom stereocenters. The van der Waals surface area contributed by atoms with E-state index in [0.29, 0.717) is 21.5 Å². The molecule has 92 valence electrons. The first-order valence-electron chi connectivity index (χ1n) is 5.04. The fraction of sp³-hybridized carbons (Fsp3) is 0. The van der Waals surface area contributed by atoms with Crippen LogP contribution in [0.4, 0.5) is 11.5 Å². The highest BCUT2D eigenvalue weighted by atomic mass is 79.9. The van der Waals surface area contributed by atoms with Gasteiger partial charge in [-0.3, -0.25) is 4.79 Å². The van der Waals surface area contributed by atoms with Gasteiger partial charge in [0.05, 0.1) is 17.4 Å². The summed E-state index contributed by atoms with van der Waals surface area (Å²) >= 11 is 6.67. The maximum atomic E-state index is 12.0. The molecule has 0 aliphatic rings. The molecule has 0 saturated carbocycles. The molecule has 0 fully saturated rings. The van der Waals surface area contributed by atoms with Crippen molar-refractivity contribution < 1.29 is 4.79 Å². The lowest BCUT2D eigenvalue weighted by Crippen LogP contribution is -2.13. The first-order chi connectivity index (χ1) is 8.56. The number of nitrogens with zero attached hydrogens (tertiary/aromatic N) is 1. The van der Waals surface area contributed by atoms with Crippen LogP contribution in [0.25, 0.3) is 0 Å². The van der Waals surface area contributed by atoms with Gasteiger partial charge >= 0.3 is 0 Å². The van der Waals surface area contributed by atoms with E-state index in [9.17, 15) is 4.79 Å². The molecule has 1 aromatic heterocycles. The summed E-state index contributed by atoms with van der Waals surface area (Å²) in [5.74, 6) is 0.232. The van der Waals surface area contributed by atoms with Gasteiger partial charge in [0.1, 0.15) is 5.82 Å². The van der Waals surface area contributed by atoms with Gasteiger partial charge in [-0.05, 0) is 46.3 Å². The quantitative estimate of drug-likeness (QED) is 0.850. The third-order valence-corrected chi connectivity index (χ3v) is 3.35. The van der Waals surface area contributed by atoms with Crippen LogP contribution in [0.1, 0.15) is 10.4 Å². The van der Waals surface area contributed by atoms with Crippen LogP contribution in [0.3, 0.4) is 0 Å². The summed E-state index contributed by atoms with van der Waals surface area (Å²) in [6.45, 7) is 0. The summed E-state index contributed by atoms with van der Waals surface area (Å²) < 4.78 is 1.61. The van der Waals surface area contributed by atoms with Crippen molar-refractivity contribution in [3.63, 3.8) is 0 Å². The topological polar surface area (TPSA) is 68.0 Å². The van der Waals surface area contributed by atoms with Gasteiger partial charge < -0.3 is 11.1 Å². The molecule has 0 spiro atoms. The van der Waals surface area contributed by atoms with Crippen LogP contribution in [0.5, 0.6) is 0 Å². The average Bonchev–Trinajstić information content (AvgIpc) is 2.32. The van der Waals surface area contributed by atoms with E-state index in [1.165, 1.54) is 6.20 Å². The first-order valence-corrected chi connectivity index (χ1v) is 6.63. The summed E-state index contributed by atoms with van der Waals surface area (Å²) in [7, 11) is 0. The second-order valence-corrected chi connectivity index (χ2v) is 5.33. The molecule has 0 saturated heterocycles. The van der Waals surface area contributed by atoms with Gasteiger partial charge in [-0.25, -0.2) is 4.98 Å². The molecule has 0 aliphatic carbocycles. The SMILES string of the molecule is Nc1ccc(NC(=O)c2ccc(Br)cc2Br)nc1. The predicted octanol–water partition coefficient (Wildman–Crippen LogP) is 3.44. The van der Waals surface area contributed by atoms with E-state index in [2.05, 4.69) is 42.2 Å². The van der Waals surface area contributed by atoms with Gasteiger partial charge in [-0.1, -0.05) is 15.9 Å². The standard InChI is InChI=1S/C12H9Br2N3O/c13-7-1-3-9(10(14)5-7)12(18)17-11-4-2-8(15)6-16-11/h1-6H,15H2,(H,16,17,18). The van der Waals surface area contributed by atoms with Crippen molar-refractivity contribution in [2.75, 3.05) is 11.1 Å². The number of pyridine rings is 1. The molecule has 1 heterocycles. The van der Waals surface area contributed by atoms with Crippen molar-refractivity contribution in [3.05, 3.63) is 51.0 Å². The smallest absolute Gasteiger partial charge is 0.257 e. The van der Waals surface area contributed by atoms with E-state index in [-0.39, 0.29) is 5.91 Å². The van der Waals surface area contributed by atoms with Crippen molar-refractivity contribution >= 4 is 49.3 Å². The number of aromatic nitrogens is 1. The van der Waals surface area contributed by atoms with Gasteiger partial charge in [0.15, 0.2) is 0 Å².